The maximum absolute atomic E-state index is 5.97. The predicted octanol–water partition coefficient (Wildman–Crippen LogP) is 1.50. The van der Waals surface area contributed by atoms with Crippen LogP contribution < -0.4 is 5.73 Å². The molecule has 18 heavy (non-hydrogen) atoms. The molecule has 2 N–H and O–H groups in total. The molecule has 100 valence electrons. The molecule has 3 atom stereocenters. The van der Waals surface area contributed by atoms with E-state index in [0.29, 0.717) is 12.6 Å². The maximum Gasteiger partial charge on any atom is 0.0675 e. The van der Waals surface area contributed by atoms with E-state index in [2.05, 4.69) is 29.8 Å². The molecule has 1 aliphatic heterocycles. The summed E-state index contributed by atoms with van der Waals surface area (Å²) in [5.41, 5.74) is 8.21. The largest absolute Gasteiger partial charge is 0.376 e. The Bertz CT molecular complexity index is 379. The molecule has 0 radical (unpaired) electrons. The van der Waals surface area contributed by atoms with E-state index in [0.717, 1.165) is 18.8 Å². The van der Waals surface area contributed by atoms with Crippen LogP contribution in [-0.2, 0) is 4.74 Å². The van der Waals surface area contributed by atoms with Crippen LogP contribution in [0.25, 0.3) is 0 Å². The van der Waals surface area contributed by atoms with Crippen molar-refractivity contribution in [2.45, 2.75) is 39.0 Å². The van der Waals surface area contributed by atoms with Gasteiger partial charge >= 0.3 is 0 Å². The summed E-state index contributed by atoms with van der Waals surface area (Å²) in [6.07, 6.45) is 2.22. The van der Waals surface area contributed by atoms with E-state index in [1.54, 1.807) is 0 Å². The highest BCUT2D eigenvalue weighted by Crippen LogP contribution is 2.25. The third-order valence-electron chi connectivity index (χ3n) is 3.60. The molecule has 1 aromatic rings. The van der Waals surface area contributed by atoms with Crippen LogP contribution >= 0.6 is 0 Å². The number of ether oxygens (including phenoxy) is 1. The molecular weight excluding hydrogens is 226 g/mol. The van der Waals surface area contributed by atoms with Gasteiger partial charge in [0.1, 0.15) is 0 Å². The molecule has 2 heterocycles. The lowest BCUT2D eigenvalue weighted by molar-refractivity contribution is -0.0654. The van der Waals surface area contributed by atoms with Crippen LogP contribution in [0.15, 0.2) is 18.3 Å². The van der Waals surface area contributed by atoms with Gasteiger partial charge in [-0.3, -0.25) is 9.88 Å². The summed E-state index contributed by atoms with van der Waals surface area (Å²) < 4.78 is 5.67. The number of aryl methyl sites for hydroxylation is 1. The maximum atomic E-state index is 5.97. The van der Waals surface area contributed by atoms with Crippen molar-refractivity contribution in [3.05, 3.63) is 29.6 Å². The smallest absolute Gasteiger partial charge is 0.0675 e. The average Bonchev–Trinajstić information content (AvgIpc) is 2.37. The Morgan fingerprint density at radius 3 is 2.89 bits per heavy atom. The minimum absolute atomic E-state index is 0.236. The minimum atomic E-state index is 0.236. The normalized spacial score (nSPS) is 27.1. The number of morpholine rings is 1. The van der Waals surface area contributed by atoms with Gasteiger partial charge in [-0.15, -0.1) is 0 Å². The fraction of sp³-hybridized carbons (Fsp3) is 0.643. The molecule has 0 amide bonds. The number of nitrogens with two attached hydrogens (primary N) is 1. The lowest BCUT2D eigenvalue weighted by Gasteiger charge is -2.41. The lowest BCUT2D eigenvalue weighted by Crippen LogP contribution is -2.50. The first-order valence-corrected chi connectivity index (χ1v) is 6.61. The van der Waals surface area contributed by atoms with E-state index in [9.17, 15) is 0 Å². The fourth-order valence-corrected chi connectivity index (χ4v) is 2.50. The average molecular weight is 249 g/mol. The Morgan fingerprint density at radius 2 is 2.28 bits per heavy atom. The van der Waals surface area contributed by atoms with Gasteiger partial charge in [0.2, 0.25) is 0 Å². The minimum Gasteiger partial charge on any atom is -0.376 e. The molecular formula is C14H23N3O. The highest BCUT2D eigenvalue weighted by molar-refractivity contribution is 5.18. The Kier molecular flexibility index (Phi) is 4.32. The van der Waals surface area contributed by atoms with E-state index in [-0.39, 0.29) is 12.1 Å². The Balaban J connectivity index is 2.19. The van der Waals surface area contributed by atoms with Crippen LogP contribution in [0.1, 0.15) is 31.1 Å². The second-order valence-corrected chi connectivity index (χ2v) is 5.17. The van der Waals surface area contributed by atoms with Crippen molar-refractivity contribution in [1.29, 1.82) is 0 Å². The van der Waals surface area contributed by atoms with E-state index in [4.69, 9.17) is 10.5 Å². The Morgan fingerprint density at radius 1 is 1.50 bits per heavy atom. The van der Waals surface area contributed by atoms with Crippen molar-refractivity contribution in [3.8, 4) is 0 Å². The van der Waals surface area contributed by atoms with Crippen LogP contribution in [0.4, 0.5) is 0 Å². The SMILES string of the molecule is Cc1ccc(C(CN)N2CC(C)OCC2C)cn1. The zero-order valence-corrected chi connectivity index (χ0v) is 11.5. The summed E-state index contributed by atoms with van der Waals surface area (Å²) in [6, 6.07) is 4.81. The van der Waals surface area contributed by atoms with Crippen molar-refractivity contribution < 1.29 is 4.74 Å². The molecule has 2 rings (SSSR count). The second-order valence-electron chi connectivity index (χ2n) is 5.17. The third-order valence-corrected chi connectivity index (χ3v) is 3.60. The van der Waals surface area contributed by atoms with Gasteiger partial charge in [0.05, 0.1) is 12.7 Å². The lowest BCUT2D eigenvalue weighted by atomic mass is 10.0. The third kappa shape index (κ3) is 2.88. The van der Waals surface area contributed by atoms with Gasteiger partial charge in [-0.25, -0.2) is 0 Å². The second kappa shape index (κ2) is 5.78. The van der Waals surface area contributed by atoms with E-state index >= 15 is 0 Å². The zero-order chi connectivity index (χ0) is 13.1. The van der Waals surface area contributed by atoms with Crippen molar-refractivity contribution in [1.82, 2.24) is 9.88 Å². The number of rotatable bonds is 3. The van der Waals surface area contributed by atoms with Crippen molar-refractivity contribution in [2.75, 3.05) is 19.7 Å². The monoisotopic (exact) mass is 249 g/mol. The molecule has 1 saturated heterocycles. The predicted molar refractivity (Wildman–Crippen MR) is 72.4 cm³/mol. The summed E-state index contributed by atoms with van der Waals surface area (Å²) >= 11 is 0. The van der Waals surface area contributed by atoms with Gasteiger partial charge in [0, 0.05) is 37.1 Å². The first-order valence-electron chi connectivity index (χ1n) is 6.61. The number of nitrogens with zero attached hydrogens (tertiary/aromatic N) is 2. The Hall–Kier alpha value is -0.970. The van der Waals surface area contributed by atoms with E-state index in [1.165, 1.54) is 5.56 Å². The molecule has 1 aromatic heterocycles. The van der Waals surface area contributed by atoms with Crippen molar-refractivity contribution in [3.63, 3.8) is 0 Å². The molecule has 4 heteroatoms. The molecule has 0 aliphatic carbocycles. The van der Waals surface area contributed by atoms with Gasteiger partial charge in [0.15, 0.2) is 0 Å². The molecule has 0 aromatic carbocycles. The molecule has 4 nitrogen and oxygen atoms in total. The molecule has 1 aliphatic rings. The zero-order valence-electron chi connectivity index (χ0n) is 11.5. The van der Waals surface area contributed by atoms with Crippen LogP contribution in [0, 0.1) is 6.92 Å². The van der Waals surface area contributed by atoms with E-state index < -0.39 is 0 Å². The van der Waals surface area contributed by atoms with Crippen LogP contribution in [0.2, 0.25) is 0 Å². The quantitative estimate of drug-likeness (QED) is 0.882. The van der Waals surface area contributed by atoms with Gasteiger partial charge < -0.3 is 10.5 Å². The molecule has 0 saturated carbocycles. The van der Waals surface area contributed by atoms with Gasteiger partial charge in [-0.1, -0.05) is 6.07 Å². The standard InChI is InChI=1S/C14H23N3O/c1-10-4-5-13(7-16-10)14(6-15)17-8-12(3)18-9-11(17)2/h4-5,7,11-12,14H,6,8-9,15H2,1-3H3. The van der Waals surface area contributed by atoms with Crippen LogP contribution in [0.5, 0.6) is 0 Å². The molecule has 0 bridgehead atoms. The summed E-state index contributed by atoms with van der Waals surface area (Å²) in [7, 11) is 0. The van der Waals surface area contributed by atoms with Crippen molar-refractivity contribution >= 4 is 0 Å². The van der Waals surface area contributed by atoms with E-state index in [1.807, 2.05) is 19.2 Å². The summed E-state index contributed by atoms with van der Waals surface area (Å²) in [5.74, 6) is 0. The van der Waals surface area contributed by atoms with Crippen LogP contribution in [0.3, 0.4) is 0 Å². The highest BCUT2D eigenvalue weighted by Gasteiger charge is 2.29. The molecule has 0 spiro atoms. The first-order chi connectivity index (χ1) is 8.61. The first kappa shape index (κ1) is 13.5. The number of hydrogen-bond acceptors (Lipinski definition) is 4. The van der Waals surface area contributed by atoms with Gasteiger partial charge in [-0.05, 0) is 32.4 Å². The van der Waals surface area contributed by atoms with Gasteiger partial charge in [-0.2, -0.15) is 0 Å². The summed E-state index contributed by atoms with van der Waals surface area (Å²) in [6.45, 7) is 8.62. The summed E-state index contributed by atoms with van der Waals surface area (Å²) in [5, 5.41) is 0. The Labute approximate surface area is 109 Å². The molecule has 1 fully saturated rings. The van der Waals surface area contributed by atoms with Crippen molar-refractivity contribution in [2.24, 2.45) is 5.73 Å². The highest BCUT2D eigenvalue weighted by atomic mass is 16.5. The fourth-order valence-electron chi connectivity index (χ4n) is 2.50. The molecule has 3 unspecified atom stereocenters. The topological polar surface area (TPSA) is 51.4 Å². The number of pyridine rings is 1. The summed E-state index contributed by atoms with van der Waals surface area (Å²) in [4.78, 5) is 6.80. The number of aromatic nitrogens is 1. The number of hydrogen-bond donors (Lipinski definition) is 1. The van der Waals surface area contributed by atoms with Crippen LogP contribution in [-0.4, -0.2) is 41.7 Å². The van der Waals surface area contributed by atoms with Gasteiger partial charge in [0.25, 0.3) is 0 Å².